The quantitative estimate of drug-likeness (QED) is 0.647. The van der Waals surface area contributed by atoms with Crippen LogP contribution < -0.4 is 0 Å². The minimum Gasteiger partial charge on any atom is -0.472 e. The van der Waals surface area contributed by atoms with Crippen molar-refractivity contribution < 1.29 is 11.6 Å². The Hall–Kier alpha value is -1.94. The minimum atomic E-state index is -2.25. The second kappa shape index (κ2) is 6.55. The smallest absolute Gasteiger partial charge is 0.196 e. The molecule has 1 aliphatic carbocycles. The van der Waals surface area contributed by atoms with Gasteiger partial charge in [-0.25, -0.2) is 4.99 Å². The van der Waals surface area contributed by atoms with Crippen LogP contribution in [0.1, 0.15) is 56.9 Å². The molecule has 1 fully saturated rings. The first-order chi connectivity index (χ1) is 15.4. The van der Waals surface area contributed by atoms with Crippen molar-refractivity contribution >= 4 is 23.3 Å². The van der Waals surface area contributed by atoms with Crippen molar-refractivity contribution in [2.75, 3.05) is 0 Å². The molecule has 0 N–H and O–H groups in total. The first kappa shape index (κ1) is 13.3. The Balaban J connectivity index is 1.48. The van der Waals surface area contributed by atoms with E-state index in [1.807, 2.05) is 38.4 Å². The molecule has 3 aliphatic heterocycles. The van der Waals surface area contributed by atoms with Gasteiger partial charge in [0.25, 0.3) is 0 Å². The summed E-state index contributed by atoms with van der Waals surface area (Å²) in [6.45, 7) is 3.54. The number of rotatable bonds is 2. The van der Waals surface area contributed by atoms with E-state index in [4.69, 9.17) is 16.6 Å². The number of allylic oxidation sites excluding steroid dienone is 3. The van der Waals surface area contributed by atoms with Crippen LogP contribution in [0.15, 0.2) is 51.0 Å². The maximum absolute atomic E-state index is 8.79. The Labute approximate surface area is 178 Å². The third kappa shape index (κ3) is 3.12. The van der Waals surface area contributed by atoms with Crippen molar-refractivity contribution in [2.24, 2.45) is 27.2 Å². The van der Waals surface area contributed by atoms with Gasteiger partial charge in [-0.05, 0) is 47.6 Å². The van der Waals surface area contributed by atoms with E-state index in [1.165, 1.54) is 0 Å². The van der Waals surface area contributed by atoms with E-state index in [9.17, 15) is 0 Å². The van der Waals surface area contributed by atoms with Crippen LogP contribution in [0.2, 0.25) is 0 Å². The van der Waals surface area contributed by atoms with E-state index >= 15 is 0 Å². The lowest BCUT2D eigenvalue weighted by molar-refractivity contribution is 0.148. The Morgan fingerprint density at radius 1 is 1.36 bits per heavy atom. The van der Waals surface area contributed by atoms with E-state index in [2.05, 4.69) is 17.1 Å². The van der Waals surface area contributed by atoms with Crippen molar-refractivity contribution in [3.63, 3.8) is 0 Å². The molecule has 0 aromatic carbocycles. The molecular formula is C24H28N2OS. The molecule has 0 amide bonds. The Bertz CT molecular complexity index is 1130. The molecule has 0 spiro atoms. The van der Waals surface area contributed by atoms with Crippen LogP contribution in [0.3, 0.4) is 0 Å². The predicted molar refractivity (Wildman–Crippen MR) is 117 cm³/mol. The number of hydrogen-bond acceptors (Lipinski definition) is 4. The largest absolute Gasteiger partial charge is 0.472 e. The van der Waals surface area contributed by atoms with Gasteiger partial charge >= 0.3 is 0 Å². The molecule has 28 heavy (non-hydrogen) atoms. The van der Waals surface area contributed by atoms with Gasteiger partial charge < -0.3 is 4.74 Å². The zero-order valence-corrected chi connectivity index (χ0v) is 17.2. The number of ether oxygens (including phenoxy) is 1. The van der Waals surface area contributed by atoms with Crippen LogP contribution in [0.5, 0.6) is 0 Å². The topological polar surface area (TPSA) is 34.0 Å². The standard InChI is InChI=1S/C24H28N2OS/c1-14-8-9-17-16-6-5-7-18(22(16)27-23(17)26-14)20-10-19-15(11-24(2,3)4)13-28-21(19)12-25-20/h5,7-9,12-13,16-17,20,23H,6,10-11H2,1-4H3/t16-,17?,20+,23-/m0/s1/i1D3,11D2. The van der Waals surface area contributed by atoms with E-state index in [0.717, 1.165) is 33.8 Å². The number of dihydropyridines is 1. The molecule has 0 bridgehead atoms. The van der Waals surface area contributed by atoms with Gasteiger partial charge in [0.05, 0.1) is 6.04 Å². The normalized spacial score (nSPS) is 34.2. The summed E-state index contributed by atoms with van der Waals surface area (Å²) in [5.41, 5.74) is 2.34. The summed E-state index contributed by atoms with van der Waals surface area (Å²) in [4.78, 5) is 10.3. The summed E-state index contributed by atoms with van der Waals surface area (Å²) in [5.74, 6) is 0.988. The first-order valence-corrected chi connectivity index (χ1v) is 10.7. The first-order valence-electron chi connectivity index (χ1n) is 12.4. The summed E-state index contributed by atoms with van der Waals surface area (Å²) in [6.07, 6.45) is 9.10. The lowest BCUT2D eigenvalue weighted by Gasteiger charge is -2.26. The number of hydrogen-bond donors (Lipinski definition) is 0. The number of fused-ring (bicyclic) bond motifs is 4. The van der Waals surface area contributed by atoms with Crippen LogP contribution in [0, 0.1) is 17.3 Å². The van der Waals surface area contributed by atoms with Crippen LogP contribution in [-0.2, 0) is 17.5 Å². The molecule has 4 heterocycles. The molecule has 1 aromatic heterocycles. The van der Waals surface area contributed by atoms with E-state index in [0.29, 0.717) is 6.42 Å². The highest BCUT2D eigenvalue weighted by Crippen LogP contribution is 2.46. The Morgan fingerprint density at radius 3 is 3.07 bits per heavy atom. The van der Waals surface area contributed by atoms with Gasteiger partial charge in [-0.3, -0.25) is 4.99 Å². The molecule has 0 radical (unpaired) electrons. The van der Waals surface area contributed by atoms with Gasteiger partial charge in [0, 0.05) is 47.5 Å². The lowest BCUT2D eigenvalue weighted by atomic mass is 9.80. The van der Waals surface area contributed by atoms with Gasteiger partial charge in [0.2, 0.25) is 0 Å². The average molecular weight is 398 g/mol. The van der Waals surface area contributed by atoms with Crippen LogP contribution >= 0.6 is 11.3 Å². The van der Waals surface area contributed by atoms with Crippen molar-refractivity contribution in [1.82, 2.24) is 0 Å². The summed E-state index contributed by atoms with van der Waals surface area (Å²) < 4.78 is 46.9. The van der Waals surface area contributed by atoms with Crippen molar-refractivity contribution in [2.45, 2.75) is 59.1 Å². The fourth-order valence-corrected chi connectivity index (χ4v) is 5.36. The molecular weight excluding hydrogens is 364 g/mol. The third-order valence-electron chi connectivity index (χ3n) is 5.66. The summed E-state index contributed by atoms with van der Waals surface area (Å²) >= 11 is 1.55. The minimum absolute atomic E-state index is 0.0147. The van der Waals surface area contributed by atoms with Gasteiger partial charge in [-0.1, -0.05) is 39.0 Å². The Kier molecular flexibility index (Phi) is 3.11. The highest BCUT2D eigenvalue weighted by Gasteiger charge is 2.44. The van der Waals surface area contributed by atoms with Crippen molar-refractivity contribution in [3.8, 4) is 0 Å². The highest BCUT2D eigenvalue weighted by atomic mass is 32.1. The van der Waals surface area contributed by atoms with Gasteiger partial charge in [0.15, 0.2) is 6.23 Å². The van der Waals surface area contributed by atoms with Gasteiger partial charge in [0.1, 0.15) is 5.76 Å². The fourth-order valence-electron chi connectivity index (χ4n) is 4.46. The zero-order valence-electron chi connectivity index (χ0n) is 21.4. The van der Waals surface area contributed by atoms with Crippen molar-refractivity contribution in [1.29, 1.82) is 0 Å². The second-order valence-electron chi connectivity index (χ2n) is 8.89. The Morgan fingerprint density at radius 2 is 2.25 bits per heavy atom. The molecule has 4 atom stereocenters. The molecule has 4 heteroatoms. The number of aliphatic imine (C=N–C) groups is 2. The zero-order chi connectivity index (χ0) is 23.8. The summed E-state index contributed by atoms with van der Waals surface area (Å²) in [6, 6.07) is -0.161. The fraction of sp³-hybridized carbons (Fsp3) is 0.500. The van der Waals surface area contributed by atoms with Gasteiger partial charge in [-0.2, -0.15) is 0 Å². The van der Waals surface area contributed by atoms with E-state index in [1.54, 1.807) is 17.4 Å². The summed E-state index contributed by atoms with van der Waals surface area (Å²) in [7, 11) is 0. The maximum Gasteiger partial charge on any atom is 0.196 e. The molecule has 146 valence electrons. The highest BCUT2D eigenvalue weighted by molar-refractivity contribution is 7.12. The van der Waals surface area contributed by atoms with E-state index < -0.39 is 24.9 Å². The predicted octanol–water partition coefficient (Wildman–Crippen LogP) is 5.51. The molecule has 5 rings (SSSR count). The van der Waals surface area contributed by atoms with Crippen LogP contribution in [-0.4, -0.2) is 24.2 Å². The van der Waals surface area contributed by atoms with E-state index in [-0.39, 0.29) is 23.6 Å². The monoisotopic (exact) mass is 397 g/mol. The van der Waals surface area contributed by atoms with Crippen LogP contribution in [0.4, 0.5) is 0 Å². The summed E-state index contributed by atoms with van der Waals surface area (Å²) in [5, 5.41) is 1.94. The molecule has 0 saturated carbocycles. The SMILES string of the molecule is [2H]C([2H])([2H])C1=N[C@H]2OC3=C([C@H]4Cc5c(C([2H])([2H])C(C)(C)C)csc5C=N4)C=CC[C@H]3C2C=C1. The second-order valence-corrected chi connectivity index (χ2v) is 9.80. The molecule has 1 aromatic rings. The van der Waals surface area contributed by atoms with Crippen LogP contribution in [0.25, 0.3) is 0 Å². The maximum atomic E-state index is 8.79. The number of nitrogens with zero attached hydrogens (tertiary/aromatic N) is 2. The van der Waals surface area contributed by atoms with Gasteiger partial charge in [-0.15, -0.1) is 11.3 Å². The number of thiophene rings is 1. The third-order valence-corrected chi connectivity index (χ3v) is 6.62. The average Bonchev–Trinajstić information content (AvgIpc) is 3.32. The molecule has 3 nitrogen and oxygen atoms in total. The molecule has 1 unspecified atom stereocenters. The lowest BCUT2D eigenvalue weighted by Crippen LogP contribution is -2.23. The van der Waals surface area contributed by atoms with Crippen molar-refractivity contribution in [3.05, 3.63) is 57.0 Å². The molecule has 1 saturated heterocycles. The molecule has 4 aliphatic rings.